The third kappa shape index (κ3) is 4.07. The Balaban J connectivity index is 1.10. The van der Waals surface area contributed by atoms with Crippen molar-refractivity contribution in [3.05, 3.63) is 59.7 Å². The summed E-state index contributed by atoms with van der Waals surface area (Å²) in [6.07, 6.45) is 1.83. The Morgan fingerprint density at radius 3 is 2.22 bits per heavy atom. The molecule has 5 rings (SSSR count). The zero-order valence-corrected chi connectivity index (χ0v) is 17.6. The third-order valence-corrected chi connectivity index (χ3v) is 6.77. The molecule has 3 aliphatic rings. The number of carboxylic acid groups (broad SMARTS) is 1. The topological polar surface area (TPSA) is 105 Å². The van der Waals surface area contributed by atoms with Crippen molar-refractivity contribution in [1.82, 2.24) is 10.6 Å². The molecule has 166 valence electrons. The molecule has 7 nitrogen and oxygen atoms in total. The second-order valence-corrected chi connectivity index (χ2v) is 8.97. The monoisotopic (exact) mass is 434 g/mol. The van der Waals surface area contributed by atoms with Crippen molar-refractivity contribution in [3.8, 4) is 11.1 Å². The van der Waals surface area contributed by atoms with Gasteiger partial charge >= 0.3 is 12.1 Å². The molecule has 2 aromatic carbocycles. The molecule has 1 unspecified atom stereocenters. The van der Waals surface area contributed by atoms with E-state index in [-0.39, 0.29) is 36.2 Å². The van der Waals surface area contributed by atoms with E-state index >= 15 is 0 Å². The molecule has 3 N–H and O–H groups in total. The normalized spacial score (nSPS) is 21.8. The van der Waals surface area contributed by atoms with Gasteiger partial charge in [0.15, 0.2) is 0 Å². The van der Waals surface area contributed by atoms with Crippen LogP contribution in [0.25, 0.3) is 11.1 Å². The van der Waals surface area contributed by atoms with Crippen LogP contribution in [0.4, 0.5) is 4.79 Å². The zero-order valence-electron chi connectivity index (χ0n) is 17.6. The number of carbonyl (C=O) groups is 3. The van der Waals surface area contributed by atoms with Crippen molar-refractivity contribution in [2.45, 2.75) is 31.2 Å². The number of alkyl carbamates (subject to hydrolysis) is 1. The van der Waals surface area contributed by atoms with Crippen LogP contribution >= 0.6 is 0 Å². The van der Waals surface area contributed by atoms with Crippen LogP contribution in [0.2, 0.25) is 0 Å². The number of hydrogen-bond donors (Lipinski definition) is 3. The predicted molar refractivity (Wildman–Crippen MR) is 117 cm³/mol. The largest absolute Gasteiger partial charge is 0.480 e. The Labute approximate surface area is 186 Å². The van der Waals surface area contributed by atoms with Crippen LogP contribution < -0.4 is 10.6 Å². The summed E-state index contributed by atoms with van der Waals surface area (Å²) in [4.78, 5) is 35.9. The summed E-state index contributed by atoms with van der Waals surface area (Å²) in [7, 11) is 0. The smallest absolute Gasteiger partial charge is 0.407 e. The molecule has 2 aromatic rings. The molecule has 0 aliphatic heterocycles. The maximum atomic E-state index is 12.3. The van der Waals surface area contributed by atoms with Crippen LogP contribution in [0, 0.1) is 17.8 Å². The highest BCUT2D eigenvalue weighted by molar-refractivity contribution is 5.87. The van der Waals surface area contributed by atoms with Gasteiger partial charge in [-0.25, -0.2) is 9.59 Å². The van der Waals surface area contributed by atoms with E-state index in [1.54, 1.807) is 0 Å². The van der Waals surface area contributed by atoms with Gasteiger partial charge in [-0.1, -0.05) is 48.5 Å². The van der Waals surface area contributed by atoms with E-state index in [0.717, 1.165) is 24.0 Å². The fourth-order valence-corrected chi connectivity index (χ4v) is 4.73. The minimum Gasteiger partial charge on any atom is -0.480 e. The standard InChI is InChI=1S/C25H26N2O5/c28-23(27-22(24(29)30)14-9-10-14)20-11-15(20)12-26-25(31)32-13-21-18-7-3-1-5-16(18)17-6-2-4-8-19(17)21/h1-8,14-15,20-22H,9-13H2,(H,26,31)(H,27,28)(H,29,30)/t15-,20-,22?/m0/s1. The molecule has 3 aliphatic carbocycles. The zero-order chi connectivity index (χ0) is 22.2. The van der Waals surface area contributed by atoms with E-state index in [4.69, 9.17) is 4.74 Å². The number of benzene rings is 2. The average molecular weight is 434 g/mol. The summed E-state index contributed by atoms with van der Waals surface area (Å²) >= 11 is 0. The summed E-state index contributed by atoms with van der Waals surface area (Å²) in [5.74, 6) is -1.39. The van der Waals surface area contributed by atoms with Crippen molar-refractivity contribution in [2.24, 2.45) is 17.8 Å². The molecule has 0 aromatic heterocycles. The van der Waals surface area contributed by atoms with Gasteiger partial charge in [0, 0.05) is 18.4 Å². The quantitative estimate of drug-likeness (QED) is 0.592. The summed E-state index contributed by atoms with van der Waals surface area (Å²) < 4.78 is 5.52. The van der Waals surface area contributed by atoms with E-state index in [0.29, 0.717) is 13.0 Å². The lowest BCUT2D eigenvalue weighted by Crippen LogP contribution is -2.43. The van der Waals surface area contributed by atoms with E-state index < -0.39 is 18.1 Å². The molecule has 0 radical (unpaired) electrons. The van der Waals surface area contributed by atoms with Gasteiger partial charge in [0.25, 0.3) is 0 Å². The van der Waals surface area contributed by atoms with Crippen molar-refractivity contribution in [2.75, 3.05) is 13.2 Å². The van der Waals surface area contributed by atoms with E-state index in [1.807, 2.05) is 24.3 Å². The van der Waals surface area contributed by atoms with E-state index in [2.05, 4.69) is 34.9 Å². The van der Waals surface area contributed by atoms with Crippen molar-refractivity contribution in [1.29, 1.82) is 0 Å². The predicted octanol–water partition coefficient (Wildman–Crippen LogP) is 3.14. The van der Waals surface area contributed by atoms with E-state index in [1.165, 1.54) is 11.1 Å². The van der Waals surface area contributed by atoms with Gasteiger partial charge < -0.3 is 20.5 Å². The molecule has 2 fully saturated rings. The number of rotatable bonds is 8. The number of carbonyl (C=O) groups excluding carboxylic acids is 2. The Hall–Kier alpha value is -3.35. The molecule has 0 saturated heterocycles. The molecular weight excluding hydrogens is 408 g/mol. The van der Waals surface area contributed by atoms with Crippen LogP contribution in [0.5, 0.6) is 0 Å². The number of ether oxygens (including phenoxy) is 1. The minimum atomic E-state index is -0.977. The van der Waals surface area contributed by atoms with Crippen LogP contribution in [0.15, 0.2) is 48.5 Å². The average Bonchev–Trinajstić information content (AvgIpc) is 3.72. The Kier molecular flexibility index (Phi) is 5.33. The molecule has 2 saturated carbocycles. The maximum absolute atomic E-state index is 12.3. The maximum Gasteiger partial charge on any atom is 0.407 e. The first-order valence-electron chi connectivity index (χ1n) is 11.1. The second kappa shape index (κ2) is 8.30. The molecule has 0 spiro atoms. The number of nitrogens with one attached hydrogen (secondary N) is 2. The molecule has 32 heavy (non-hydrogen) atoms. The number of aliphatic carboxylic acids is 1. The highest BCUT2D eigenvalue weighted by Gasteiger charge is 2.46. The first-order valence-corrected chi connectivity index (χ1v) is 11.1. The van der Waals surface area contributed by atoms with Gasteiger partial charge in [0.05, 0.1) is 0 Å². The molecule has 3 atom stereocenters. The molecule has 7 heteroatoms. The number of amides is 2. The lowest BCUT2D eigenvalue weighted by Gasteiger charge is -2.15. The molecule has 0 bridgehead atoms. The Morgan fingerprint density at radius 1 is 1.00 bits per heavy atom. The lowest BCUT2D eigenvalue weighted by atomic mass is 9.98. The van der Waals surface area contributed by atoms with Gasteiger partial charge in [-0.15, -0.1) is 0 Å². The minimum absolute atomic E-state index is 0.00276. The molecule has 0 heterocycles. The summed E-state index contributed by atoms with van der Waals surface area (Å²) in [5.41, 5.74) is 4.66. The van der Waals surface area contributed by atoms with Crippen molar-refractivity contribution < 1.29 is 24.2 Å². The highest BCUT2D eigenvalue weighted by atomic mass is 16.5. The second-order valence-electron chi connectivity index (χ2n) is 8.97. The van der Waals surface area contributed by atoms with Crippen molar-refractivity contribution in [3.63, 3.8) is 0 Å². The van der Waals surface area contributed by atoms with Crippen LogP contribution in [-0.4, -0.2) is 42.3 Å². The fraction of sp³-hybridized carbons (Fsp3) is 0.400. The fourth-order valence-electron chi connectivity index (χ4n) is 4.73. The molecular formula is C25H26N2O5. The van der Waals surface area contributed by atoms with Gasteiger partial charge in [0.2, 0.25) is 5.91 Å². The van der Waals surface area contributed by atoms with Crippen LogP contribution in [-0.2, 0) is 14.3 Å². The summed E-state index contributed by atoms with van der Waals surface area (Å²) in [6.45, 7) is 0.589. The van der Waals surface area contributed by atoms with Crippen LogP contribution in [0.1, 0.15) is 36.3 Å². The summed E-state index contributed by atoms with van der Waals surface area (Å²) in [5, 5.41) is 14.7. The lowest BCUT2D eigenvalue weighted by molar-refractivity contribution is -0.142. The first-order chi connectivity index (χ1) is 15.5. The molecule has 2 amide bonds. The Bertz CT molecular complexity index is 1020. The van der Waals surface area contributed by atoms with Gasteiger partial charge in [-0.2, -0.15) is 0 Å². The van der Waals surface area contributed by atoms with Crippen molar-refractivity contribution >= 4 is 18.0 Å². The Morgan fingerprint density at radius 2 is 1.62 bits per heavy atom. The third-order valence-electron chi connectivity index (χ3n) is 6.77. The number of carboxylic acids is 1. The van der Waals surface area contributed by atoms with Gasteiger partial charge in [-0.05, 0) is 53.4 Å². The van der Waals surface area contributed by atoms with Gasteiger partial charge in [-0.3, -0.25) is 4.79 Å². The SMILES string of the molecule is O=C(NC[C@@H]1C[C@@H]1C(=O)NC(C(=O)O)C1CC1)OCC1c2ccccc2-c2ccccc21. The van der Waals surface area contributed by atoms with Crippen LogP contribution in [0.3, 0.4) is 0 Å². The van der Waals surface area contributed by atoms with Gasteiger partial charge in [0.1, 0.15) is 12.6 Å². The number of hydrogen-bond acceptors (Lipinski definition) is 4. The van der Waals surface area contributed by atoms with E-state index in [9.17, 15) is 19.5 Å². The summed E-state index contributed by atoms with van der Waals surface area (Å²) in [6, 6.07) is 15.5. The number of fused-ring (bicyclic) bond motifs is 3. The highest BCUT2D eigenvalue weighted by Crippen LogP contribution is 2.44. The first kappa shape index (κ1) is 20.5.